The predicted octanol–water partition coefficient (Wildman–Crippen LogP) is 5.96. The Morgan fingerprint density at radius 1 is 0.906 bits per heavy atom. The van der Waals surface area contributed by atoms with E-state index in [1.165, 1.54) is 11.1 Å². The number of hydrogen-bond acceptors (Lipinski definition) is 3. The number of para-hydroxylation sites is 1. The second kappa shape index (κ2) is 10.4. The van der Waals surface area contributed by atoms with Gasteiger partial charge >= 0.3 is 0 Å². The molecule has 1 heterocycles. The van der Waals surface area contributed by atoms with Crippen LogP contribution in [0.4, 0.5) is 5.69 Å². The van der Waals surface area contributed by atoms with Crippen LogP contribution in [0.2, 0.25) is 0 Å². The molecule has 0 radical (unpaired) electrons. The van der Waals surface area contributed by atoms with E-state index in [-0.39, 0.29) is 0 Å². The number of nitrogens with one attached hydrogen (secondary N) is 2. The second-order valence-electron chi connectivity index (χ2n) is 7.31. The highest BCUT2D eigenvalue weighted by molar-refractivity contribution is 7.80. The molecule has 4 aromatic rings. The van der Waals surface area contributed by atoms with Crippen LogP contribution in [0.3, 0.4) is 0 Å². The first kappa shape index (κ1) is 21.3. The Balaban J connectivity index is 1.29. The van der Waals surface area contributed by atoms with Crippen molar-refractivity contribution in [3.63, 3.8) is 0 Å². The molecule has 0 aliphatic carbocycles. The third-order valence-electron chi connectivity index (χ3n) is 4.79. The monoisotopic (exact) mass is 440 g/mol. The molecule has 1 aromatic heterocycles. The largest absolute Gasteiger partial charge is 0.457 e. The lowest BCUT2D eigenvalue weighted by molar-refractivity contribution is 0.483. The van der Waals surface area contributed by atoms with Crippen LogP contribution in [0.15, 0.2) is 102 Å². The lowest BCUT2D eigenvalue weighted by Crippen LogP contribution is -2.24. The Labute approximate surface area is 193 Å². The molecule has 5 nitrogen and oxygen atoms in total. The first-order valence-corrected chi connectivity index (χ1v) is 10.7. The Morgan fingerprint density at radius 3 is 2.38 bits per heavy atom. The van der Waals surface area contributed by atoms with Crippen LogP contribution in [0.1, 0.15) is 16.8 Å². The number of rotatable bonds is 7. The summed E-state index contributed by atoms with van der Waals surface area (Å²) < 4.78 is 7.94. The summed E-state index contributed by atoms with van der Waals surface area (Å²) in [6.45, 7) is 2.88. The van der Waals surface area contributed by atoms with Crippen LogP contribution in [0, 0.1) is 6.92 Å². The van der Waals surface area contributed by atoms with E-state index in [1.54, 1.807) is 6.21 Å². The highest BCUT2D eigenvalue weighted by atomic mass is 32.1. The van der Waals surface area contributed by atoms with Gasteiger partial charge in [0.05, 0.1) is 11.9 Å². The van der Waals surface area contributed by atoms with Crippen molar-refractivity contribution in [3.05, 3.63) is 114 Å². The van der Waals surface area contributed by atoms with Crippen molar-refractivity contribution in [1.82, 2.24) is 9.99 Å². The maximum Gasteiger partial charge on any atom is 0.191 e. The molecule has 0 bridgehead atoms. The van der Waals surface area contributed by atoms with Crippen molar-refractivity contribution in [2.24, 2.45) is 5.10 Å². The number of ether oxygens (including phenoxy) is 1. The van der Waals surface area contributed by atoms with Crippen molar-refractivity contribution < 1.29 is 4.74 Å². The summed E-state index contributed by atoms with van der Waals surface area (Å²) in [5.74, 6) is 1.56. The molecule has 4 rings (SSSR count). The van der Waals surface area contributed by atoms with E-state index < -0.39 is 0 Å². The van der Waals surface area contributed by atoms with Crippen LogP contribution in [-0.2, 0) is 6.54 Å². The molecule has 0 amide bonds. The van der Waals surface area contributed by atoms with Crippen LogP contribution in [0.5, 0.6) is 11.5 Å². The lowest BCUT2D eigenvalue weighted by Gasteiger charge is -2.09. The van der Waals surface area contributed by atoms with Crippen molar-refractivity contribution >= 4 is 29.2 Å². The van der Waals surface area contributed by atoms with E-state index in [2.05, 4.69) is 51.6 Å². The van der Waals surface area contributed by atoms with Gasteiger partial charge in [0, 0.05) is 18.4 Å². The zero-order valence-corrected chi connectivity index (χ0v) is 18.5. The molecule has 3 aromatic carbocycles. The van der Waals surface area contributed by atoms with Crippen LogP contribution < -0.4 is 15.5 Å². The SMILES string of the molecule is Cc1ccc(Cn2cccc2/C=N\NC(=S)Nc2ccc(Oc3ccccc3)cc2)cc1. The van der Waals surface area contributed by atoms with Crippen molar-refractivity contribution in [2.45, 2.75) is 13.5 Å². The molecule has 0 aliphatic heterocycles. The van der Waals surface area contributed by atoms with Gasteiger partial charge < -0.3 is 14.6 Å². The van der Waals surface area contributed by atoms with Gasteiger partial charge in [-0.25, -0.2) is 0 Å². The molecule has 160 valence electrons. The number of benzene rings is 3. The summed E-state index contributed by atoms with van der Waals surface area (Å²) in [7, 11) is 0. The molecular weight excluding hydrogens is 416 g/mol. The van der Waals surface area contributed by atoms with Gasteiger partial charge in [-0.15, -0.1) is 0 Å². The van der Waals surface area contributed by atoms with Gasteiger partial charge in [0.2, 0.25) is 0 Å². The maximum absolute atomic E-state index is 5.80. The summed E-state index contributed by atoms with van der Waals surface area (Å²) in [6, 6.07) is 29.8. The molecule has 0 spiro atoms. The van der Waals surface area contributed by atoms with Gasteiger partial charge in [-0.05, 0) is 73.2 Å². The average molecular weight is 441 g/mol. The Morgan fingerprint density at radius 2 is 1.62 bits per heavy atom. The summed E-state index contributed by atoms with van der Waals surface area (Å²) in [5.41, 5.74) is 7.20. The maximum atomic E-state index is 5.80. The highest BCUT2D eigenvalue weighted by Gasteiger charge is 2.02. The second-order valence-corrected chi connectivity index (χ2v) is 7.72. The fourth-order valence-corrected chi connectivity index (χ4v) is 3.30. The third-order valence-corrected chi connectivity index (χ3v) is 4.99. The van der Waals surface area contributed by atoms with E-state index in [0.717, 1.165) is 29.4 Å². The Kier molecular flexibility index (Phi) is 6.94. The molecule has 0 saturated heterocycles. The fourth-order valence-electron chi connectivity index (χ4n) is 3.13. The molecule has 0 unspecified atom stereocenters. The molecule has 0 saturated carbocycles. The van der Waals surface area contributed by atoms with E-state index in [4.69, 9.17) is 17.0 Å². The number of hydrogen-bond donors (Lipinski definition) is 2. The van der Waals surface area contributed by atoms with E-state index in [1.807, 2.05) is 72.9 Å². The minimum absolute atomic E-state index is 0.412. The zero-order chi connectivity index (χ0) is 22.2. The van der Waals surface area contributed by atoms with Crippen LogP contribution in [-0.4, -0.2) is 15.9 Å². The first-order chi connectivity index (χ1) is 15.7. The number of aryl methyl sites for hydroxylation is 1. The smallest absolute Gasteiger partial charge is 0.191 e. The molecule has 0 fully saturated rings. The Hall–Kier alpha value is -3.90. The molecule has 0 atom stereocenters. The predicted molar refractivity (Wildman–Crippen MR) is 135 cm³/mol. The number of nitrogens with zero attached hydrogens (tertiary/aromatic N) is 2. The molecule has 0 aliphatic rings. The van der Waals surface area contributed by atoms with Gasteiger partial charge in [0.15, 0.2) is 5.11 Å². The summed E-state index contributed by atoms with van der Waals surface area (Å²) in [5, 5.41) is 7.80. The molecule has 2 N–H and O–H groups in total. The number of thiocarbonyl (C=S) groups is 1. The Bertz CT molecular complexity index is 1180. The average Bonchev–Trinajstić information content (AvgIpc) is 3.24. The first-order valence-electron chi connectivity index (χ1n) is 10.3. The highest BCUT2D eigenvalue weighted by Crippen LogP contribution is 2.22. The van der Waals surface area contributed by atoms with Gasteiger partial charge in [-0.3, -0.25) is 5.43 Å². The number of aromatic nitrogens is 1. The van der Waals surface area contributed by atoms with Gasteiger partial charge in [-0.1, -0.05) is 48.0 Å². The van der Waals surface area contributed by atoms with Crippen LogP contribution >= 0.6 is 12.2 Å². The van der Waals surface area contributed by atoms with Gasteiger partial charge in [0.1, 0.15) is 11.5 Å². The lowest BCUT2D eigenvalue weighted by atomic mass is 10.1. The molecular formula is C26H24N4OS. The standard InChI is InChI=1S/C26H24N4OS/c1-20-9-11-21(12-10-20)19-30-17-5-6-23(30)18-27-29-26(32)28-22-13-15-25(16-14-22)31-24-7-3-2-4-8-24/h2-18H,19H2,1H3,(H2,28,29,32)/b27-18-. The van der Waals surface area contributed by atoms with Gasteiger partial charge in [-0.2, -0.15) is 5.10 Å². The molecule has 32 heavy (non-hydrogen) atoms. The summed E-state index contributed by atoms with van der Waals surface area (Å²) in [6.07, 6.45) is 3.80. The van der Waals surface area contributed by atoms with Crippen molar-refractivity contribution in [3.8, 4) is 11.5 Å². The van der Waals surface area contributed by atoms with Gasteiger partial charge in [0.25, 0.3) is 0 Å². The quantitative estimate of drug-likeness (QED) is 0.212. The zero-order valence-electron chi connectivity index (χ0n) is 17.7. The molecule has 6 heteroatoms. The third kappa shape index (κ3) is 6.06. The normalized spacial score (nSPS) is 10.8. The van der Waals surface area contributed by atoms with E-state index in [9.17, 15) is 0 Å². The summed E-state index contributed by atoms with van der Waals surface area (Å²) >= 11 is 5.34. The minimum atomic E-state index is 0.412. The number of hydrazone groups is 1. The van der Waals surface area contributed by atoms with E-state index in [0.29, 0.717) is 5.11 Å². The van der Waals surface area contributed by atoms with Crippen molar-refractivity contribution in [1.29, 1.82) is 0 Å². The van der Waals surface area contributed by atoms with E-state index >= 15 is 0 Å². The minimum Gasteiger partial charge on any atom is -0.457 e. The number of anilines is 1. The fraction of sp³-hybridized carbons (Fsp3) is 0.0769. The van der Waals surface area contributed by atoms with Crippen molar-refractivity contribution in [2.75, 3.05) is 5.32 Å². The topological polar surface area (TPSA) is 50.6 Å². The van der Waals surface area contributed by atoms with Crippen LogP contribution in [0.25, 0.3) is 0 Å². The summed E-state index contributed by atoms with van der Waals surface area (Å²) in [4.78, 5) is 0.